The Kier molecular flexibility index (Phi) is 4.86. The maximum absolute atomic E-state index is 11.9. The molecule has 0 aromatic heterocycles. The number of benzene rings is 2. The summed E-state index contributed by atoms with van der Waals surface area (Å²) in [5.74, 6) is 0.603. The van der Waals surface area contributed by atoms with Crippen LogP contribution in [0.25, 0.3) is 0 Å². The van der Waals surface area contributed by atoms with E-state index in [4.69, 9.17) is 4.74 Å². The van der Waals surface area contributed by atoms with Gasteiger partial charge in [0.25, 0.3) is 0 Å². The molecule has 0 bridgehead atoms. The van der Waals surface area contributed by atoms with E-state index in [-0.39, 0.29) is 12.5 Å². The number of carbonyl (C=O) groups excluding carboxylic acids is 1. The predicted molar refractivity (Wildman–Crippen MR) is 87.8 cm³/mol. The Bertz CT molecular complexity index is 603. The van der Waals surface area contributed by atoms with Crippen molar-refractivity contribution in [2.45, 2.75) is 31.8 Å². The van der Waals surface area contributed by atoms with Crippen LogP contribution in [0.2, 0.25) is 0 Å². The predicted octanol–water partition coefficient (Wildman–Crippen LogP) is 4.11. The van der Waals surface area contributed by atoms with Crippen LogP contribution in [0.4, 0.5) is 5.69 Å². The lowest BCUT2D eigenvalue weighted by molar-refractivity contribution is -0.121. The van der Waals surface area contributed by atoms with Crippen LogP contribution in [0.1, 0.15) is 36.3 Å². The number of hydrogen-bond acceptors (Lipinski definition) is 2. The molecule has 114 valence electrons. The number of amides is 1. The van der Waals surface area contributed by atoms with E-state index < -0.39 is 0 Å². The van der Waals surface area contributed by atoms with Crippen LogP contribution in [0, 0.1) is 0 Å². The molecular weight excluding hydrogens is 274 g/mol. The second-order valence-electron chi connectivity index (χ2n) is 5.78. The van der Waals surface area contributed by atoms with E-state index in [1.54, 1.807) is 0 Å². The fourth-order valence-electron chi connectivity index (χ4n) is 2.61. The molecule has 3 heteroatoms. The molecule has 0 radical (unpaired) electrons. The van der Waals surface area contributed by atoms with Gasteiger partial charge in [-0.25, -0.2) is 0 Å². The molecule has 1 aliphatic carbocycles. The van der Waals surface area contributed by atoms with Crippen molar-refractivity contribution in [2.24, 2.45) is 0 Å². The Morgan fingerprint density at radius 1 is 1.05 bits per heavy atom. The van der Waals surface area contributed by atoms with Crippen molar-refractivity contribution in [1.82, 2.24) is 0 Å². The molecule has 0 aliphatic heterocycles. The highest BCUT2D eigenvalue weighted by Gasteiger charge is 2.18. The zero-order valence-electron chi connectivity index (χ0n) is 12.6. The Hall–Kier alpha value is -2.13. The molecule has 1 fully saturated rings. The quantitative estimate of drug-likeness (QED) is 0.871. The normalized spacial score (nSPS) is 14.4. The molecule has 3 rings (SSSR count). The molecule has 0 saturated heterocycles. The summed E-state index contributed by atoms with van der Waals surface area (Å²) in [5, 5.41) is 2.87. The minimum atomic E-state index is -0.118. The molecule has 1 N–H and O–H groups in total. The van der Waals surface area contributed by atoms with Crippen molar-refractivity contribution in [3.63, 3.8) is 0 Å². The summed E-state index contributed by atoms with van der Waals surface area (Å²) in [6.45, 7) is 0.522. The van der Waals surface area contributed by atoms with Crippen molar-refractivity contribution < 1.29 is 9.53 Å². The summed E-state index contributed by atoms with van der Waals surface area (Å²) in [7, 11) is 0. The lowest BCUT2D eigenvalue weighted by Crippen LogP contribution is -2.18. The molecule has 1 saturated carbocycles. The Labute approximate surface area is 131 Å². The zero-order chi connectivity index (χ0) is 15.2. The Balaban J connectivity index is 1.43. The largest absolute Gasteiger partial charge is 0.367 e. The van der Waals surface area contributed by atoms with Gasteiger partial charge < -0.3 is 10.1 Å². The van der Waals surface area contributed by atoms with Crippen LogP contribution in [0.15, 0.2) is 54.6 Å². The van der Waals surface area contributed by atoms with Gasteiger partial charge in [0.15, 0.2) is 0 Å². The maximum Gasteiger partial charge on any atom is 0.250 e. The first-order valence-corrected chi connectivity index (χ1v) is 7.83. The minimum absolute atomic E-state index is 0.0687. The Morgan fingerprint density at radius 2 is 1.77 bits per heavy atom. The summed E-state index contributed by atoms with van der Waals surface area (Å²) in [4.78, 5) is 11.9. The van der Waals surface area contributed by atoms with Crippen molar-refractivity contribution in [1.29, 1.82) is 0 Å². The molecule has 0 heterocycles. The van der Waals surface area contributed by atoms with Crippen LogP contribution in [0.5, 0.6) is 0 Å². The summed E-state index contributed by atoms with van der Waals surface area (Å²) >= 11 is 0. The van der Waals surface area contributed by atoms with E-state index in [0.717, 1.165) is 17.2 Å². The molecule has 3 nitrogen and oxygen atoms in total. The minimum Gasteiger partial charge on any atom is -0.367 e. The molecule has 0 unspecified atom stereocenters. The van der Waals surface area contributed by atoms with Crippen LogP contribution < -0.4 is 5.32 Å². The third-order valence-electron chi connectivity index (χ3n) is 4.12. The summed E-state index contributed by atoms with van der Waals surface area (Å²) in [6.07, 6.45) is 3.92. The van der Waals surface area contributed by atoms with Crippen molar-refractivity contribution in [2.75, 3.05) is 11.9 Å². The standard InChI is InChI=1S/C19H21NO2/c21-19(14-22-13-15-5-2-1-3-6-15)20-18-11-9-17(10-12-18)16-7-4-8-16/h1-3,5-6,9-12,16H,4,7-8,13-14H2,(H,20,21). The first-order valence-electron chi connectivity index (χ1n) is 7.83. The number of rotatable bonds is 6. The van der Waals surface area contributed by atoms with Gasteiger partial charge in [0.05, 0.1) is 6.61 Å². The van der Waals surface area contributed by atoms with Gasteiger partial charge in [-0.3, -0.25) is 4.79 Å². The number of anilines is 1. The highest BCUT2D eigenvalue weighted by molar-refractivity contribution is 5.91. The molecule has 2 aromatic rings. The van der Waals surface area contributed by atoms with Crippen molar-refractivity contribution >= 4 is 11.6 Å². The topological polar surface area (TPSA) is 38.3 Å². The number of carbonyl (C=O) groups is 1. The van der Waals surface area contributed by atoms with E-state index in [1.165, 1.54) is 24.8 Å². The third kappa shape index (κ3) is 3.95. The molecule has 1 amide bonds. The van der Waals surface area contributed by atoms with Gasteiger partial charge >= 0.3 is 0 Å². The molecule has 2 aromatic carbocycles. The van der Waals surface area contributed by atoms with E-state index >= 15 is 0 Å². The van der Waals surface area contributed by atoms with Gasteiger partial charge in [-0.15, -0.1) is 0 Å². The summed E-state index contributed by atoms with van der Waals surface area (Å²) in [5.41, 5.74) is 3.28. The molecule has 22 heavy (non-hydrogen) atoms. The molecule has 0 spiro atoms. The van der Waals surface area contributed by atoms with Gasteiger partial charge in [-0.2, -0.15) is 0 Å². The van der Waals surface area contributed by atoms with Gasteiger partial charge in [0.2, 0.25) is 5.91 Å². The van der Waals surface area contributed by atoms with E-state index in [1.807, 2.05) is 42.5 Å². The summed E-state index contributed by atoms with van der Waals surface area (Å²) in [6, 6.07) is 18.0. The summed E-state index contributed by atoms with van der Waals surface area (Å²) < 4.78 is 5.43. The van der Waals surface area contributed by atoms with Gasteiger partial charge in [0, 0.05) is 5.69 Å². The second kappa shape index (κ2) is 7.23. The lowest BCUT2D eigenvalue weighted by Gasteiger charge is -2.25. The zero-order valence-corrected chi connectivity index (χ0v) is 12.6. The molecule has 0 atom stereocenters. The third-order valence-corrected chi connectivity index (χ3v) is 4.12. The van der Waals surface area contributed by atoms with Crippen LogP contribution in [0.3, 0.4) is 0 Å². The highest BCUT2D eigenvalue weighted by Crippen LogP contribution is 2.36. The second-order valence-corrected chi connectivity index (χ2v) is 5.78. The maximum atomic E-state index is 11.9. The number of nitrogens with one attached hydrogen (secondary N) is 1. The Morgan fingerprint density at radius 3 is 2.41 bits per heavy atom. The average molecular weight is 295 g/mol. The SMILES string of the molecule is O=C(COCc1ccccc1)Nc1ccc(C2CCC2)cc1. The van der Waals surface area contributed by atoms with Gasteiger partial charge in [-0.05, 0) is 42.0 Å². The first kappa shape index (κ1) is 14.8. The fraction of sp³-hybridized carbons (Fsp3) is 0.316. The smallest absolute Gasteiger partial charge is 0.250 e. The van der Waals surface area contributed by atoms with E-state index in [9.17, 15) is 4.79 Å². The van der Waals surface area contributed by atoms with Gasteiger partial charge in [0.1, 0.15) is 6.61 Å². The monoisotopic (exact) mass is 295 g/mol. The lowest BCUT2D eigenvalue weighted by atomic mass is 9.80. The highest BCUT2D eigenvalue weighted by atomic mass is 16.5. The van der Waals surface area contributed by atoms with E-state index in [2.05, 4.69) is 17.4 Å². The van der Waals surface area contributed by atoms with Crippen LogP contribution >= 0.6 is 0 Å². The van der Waals surface area contributed by atoms with Crippen molar-refractivity contribution in [3.05, 3.63) is 65.7 Å². The van der Waals surface area contributed by atoms with Crippen LogP contribution in [-0.4, -0.2) is 12.5 Å². The van der Waals surface area contributed by atoms with Crippen LogP contribution in [-0.2, 0) is 16.1 Å². The molecular formula is C19H21NO2. The van der Waals surface area contributed by atoms with E-state index in [0.29, 0.717) is 6.61 Å². The van der Waals surface area contributed by atoms with Crippen molar-refractivity contribution in [3.8, 4) is 0 Å². The number of hydrogen-bond donors (Lipinski definition) is 1. The average Bonchev–Trinajstić information content (AvgIpc) is 2.48. The number of ether oxygens (including phenoxy) is 1. The van der Waals surface area contributed by atoms with Gasteiger partial charge in [-0.1, -0.05) is 48.9 Å². The molecule has 1 aliphatic rings. The first-order chi connectivity index (χ1) is 10.8. The fourth-order valence-corrected chi connectivity index (χ4v) is 2.61.